The number of fused-ring (bicyclic) bond motifs is 1. The molecule has 0 unspecified atom stereocenters. The number of hydrogen-bond acceptors (Lipinski definition) is 3. The van der Waals surface area contributed by atoms with Crippen LogP contribution in [0, 0.1) is 23.7 Å². The van der Waals surface area contributed by atoms with Crippen molar-refractivity contribution in [3.63, 3.8) is 0 Å². The third-order valence-electron chi connectivity index (χ3n) is 6.10. The van der Waals surface area contributed by atoms with Crippen molar-refractivity contribution in [2.24, 2.45) is 23.7 Å². The summed E-state index contributed by atoms with van der Waals surface area (Å²) >= 11 is 0. The zero-order chi connectivity index (χ0) is 18.4. The number of carbonyl (C=O) groups is 3. The highest BCUT2D eigenvalue weighted by molar-refractivity contribution is 6.09. The highest BCUT2D eigenvalue weighted by Gasteiger charge is 2.58. The fourth-order valence-corrected chi connectivity index (χ4v) is 4.83. The number of carbonyl (C=O) groups excluding carboxylic acids is 3. The van der Waals surface area contributed by atoms with E-state index in [1.54, 1.807) is 14.1 Å². The normalized spacial score (nSPS) is 30.5. The van der Waals surface area contributed by atoms with Gasteiger partial charge in [0.2, 0.25) is 17.7 Å². The Labute approximate surface area is 153 Å². The van der Waals surface area contributed by atoms with E-state index in [0.717, 1.165) is 18.4 Å². The van der Waals surface area contributed by atoms with E-state index >= 15 is 0 Å². The Balaban J connectivity index is 1.68. The monoisotopic (exact) mass is 352 g/mol. The van der Waals surface area contributed by atoms with E-state index in [1.807, 2.05) is 30.3 Å². The van der Waals surface area contributed by atoms with Crippen molar-refractivity contribution in [1.29, 1.82) is 0 Å². The molecule has 0 N–H and O–H groups in total. The molecule has 5 heteroatoms. The summed E-state index contributed by atoms with van der Waals surface area (Å²) in [5.74, 6) is -0.796. The minimum absolute atomic E-state index is 0.137. The zero-order valence-electron chi connectivity index (χ0n) is 15.2. The second-order valence-electron chi connectivity index (χ2n) is 7.83. The van der Waals surface area contributed by atoms with Gasteiger partial charge in [-0.15, -0.1) is 0 Å². The number of amides is 3. The van der Waals surface area contributed by atoms with Crippen LogP contribution in [-0.4, -0.2) is 47.7 Å². The number of hydrogen-bond donors (Lipinski definition) is 0. The fraction of sp³-hybridized carbons (Fsp3) is 0.476. The first-order valence-electron chi connectivity index (χ1n) is 9.29. The van der Waals surface area contributed by atoms with Crippen molar-refractivity contribution in [2.75, 3.05) is 14.1 Å². The van der Waals surface area contributed by atoms with Gasteiger partial charge in [-0.2, -0.15) is 0 Å². The summed E-state index contributed by atoms with van der Waals surface area (Å²) in [7, 11) is 3.34. The summed E-state index contributed by atoms with van der Waals surface area (Å²) in [6.07, 6.45) is 6.48. The topological polar surface area (TPSA) is 57.7 Å². The van der Waals surface area contributed by atoms with Gasteiger partial charge in [0.15, 0.2) is 0 Å². The van der Waals surface area contributed by atoms with Crippen LogP contribution < -0.4 is 0 Å². The highest BCUT2D eigenvalue weighted by Crippen LogP contribution is 2.50. The van der Waals surface area contributed by atoms with Crippen LogP contribution in [0.2, 0.25) is 0 Å². The van der Waals surface area contributed by atoms with E-state index in [9.17, 15) is 14.4 Å². The quantitative estimate of drug-likeness (QED) is 0.614. The molecule has 1 saturated carbocycles. The number of benzene rings is 1. The molecule has 26 heavy (non-hydrogen) atoms. The lowest BCUT2D eigenvalue weighted by atomic mass is 9.63. The van der Waals surface area contributed by atoms with E-state index in [1.165, 1.54) is 9.80 Å². The van der Waals surface area contributed by atoms with Gasteiger partial charge in [0.05, 0.1) is 11.8 Å². The Morgan fingerprint density at radius 3 is 2.04 bits per heavy atom. The van der Waals surface area contributed by atoms with Crippen LogP contribution in [0.5, 0.6) is 0 Å². The molecule has 3 amide bonds. The number of likely N-dealkylation sites (N-methyl/N-ethyl adjacent to an activating group) is 1. The molecule has 3 aliphatic carbocycles. The Hall–Kier alpha value is -2.43. The van der Waals surface area contributed by atoms with E-state index in [-0.39, 0.29) is 41.4 Å². The highest BCUT2D eigenvalue weighted by atomic mass is 16.2. The molecular weight excluding hydrogens is 328 g/mol. The molecule has 0 aromatic heterocycles. The maximum Gasteiger partial charge on any atom is 0.245 e. The van der Waals surface area contributed by atoms with Gasteiger partial charge < -0.3 is 4.90 Å². The minimum atomic E-state index is -0.766. The molecule has 5 rings (SSSR count). The van der Waals surface area contributed by atoms with Gasteiger partial charge >= 0.3 is 0 Å². The first-order chi connectivity index (χ1) is 12.5. The number of imide groups is 1. The summed E-state index contributed by atoms with van der Waals surface area (Å²) in [5, 5.41) is 0. The average Bonchev–Trinajstić information content (AvgIpc) is 2.94. The van der Waals surface area contributed by atoms with E-state index in [4.69, 9.17) is 0 Å². The smallest absolute Gasteiger partial charge is 0.245 e. The molecule has 4 aliphatic rings. The number of allylic oxidation sites excluding steroid dienone is 2. The van der Waals surface area contributed by atoms with Crippen LogP contribution in [-0.2, 0) is 20.8 Å². The van der Waals surface area contributed by atoms with E-state index < -0.39 is 6.04 Å². The van der Waals surface area contributed by atoms with Gasteiger partial charge in [-0.25, -0.2) is 0 Å². The Morgan fingerprint density at radius 1 is 1.04 bits per heavy atom. The summed E-state index contributed by atoms with van der Waals surface area (Å²) in [6, 6.07) is 8.82. The van der Waals surface area contributed by atoms with Crippen molar-refractivity contribution in [1.82, 2.24) is 9.80 Å². The summed E-state index contributed by atoms with van der Waals surface area (Å²) in [5.41, 5.74) is 0.948. The number of rotatable bonds is 4. The molecular formula is C21H24N2O3. The molecule has 136 valence electrons. The van der Waals surface area contributed by atoms with E-state index in [0.29, 0.717) is 6.42 Å². The van der Waals surface area contributed by atoms with Crippen molar-refractivity contribution in [2.45, 2.75) is 25.3 Å². The first-order valence-corrected chi connectivity index (χ1v) is 9.29. The molecule has 1 heterocycles. The van der Waals surface area contributed by atoms with Gasteiger partial charge in [-0.3, -0.25) is 19.3 Å². The molecule has 5 nitrogen and oxygen atoms in total. The number of nitrogens with zero attached hydrogens (tertiary/aromatic N) is 2. The Morgan fingerprint density at radius 2 is 1.58 bits per heavy atom. The third kappa shape index (κ3) is 2.57. The molecule has 2 fully saturated rings. The molecule has 0 spiro atoms. The maximum absolute atomic E-state index is 13.2. The first kappa shape index (κ1) is 17.0. The summed E-state index contributed by atoms with van der Waals surface area (Å²) < 4.78 is 0. The van der Waals surface area contributed by atoms with Crippen LogP contribution in [0.1, 0.15) is 18.4 Å². The second-order valence-corrected chi connectivity index (χ2v) is 7.83. The Bertz CT molecular complexity index is 739. The fourth-order valence-electron chi connectivity index (χ4n) is 4.83. The second kappa shape index (κ2) is 6.38. The average molecular weight is 352 g/mol. The van der Waals surface area contributed by atoms with Gasteiger partial charge in [-0.05, 0) is 30.2 Å². The van der Waals surface area contributed by atoms with Crippen LogP contribution in [0.25, 0.3) is 0 Å². The van der Waals surface area contributed by atoms with Crippen molar-refractivity contribution in [3.8, 4) is 0 Å². The van der Waals surface area contributed by atoms with Crippen LogP contribution >= 0.6 is 0 Å². The summed E-state index contributed by atoms with van der Waals surface area (Å²) in [6.45, 7) is 0. The number of likely N-dealkylation sites (tertiary alicyclic amines) is 1. The van der Waals surface area contributed by atoms with Crippen molar-refractivity contribution < 1.29 is 14.4 Å². The molecule has 5 atom stereocenters. The largest absolute Gasteiger partial charge is 0.347 e. The lowest BCUT2D eigenvalue weighted by molar-refractivity contribution is -0.150. The SMILES string of the molecule is CN(C)C(=O)[C@@H](Cc1ccccc1)N1C(=O)[C@@H]2[C@H](C1=O)[C@H]1C=C[C@H]2CC1. The predicted molar refractivity (Wildman–Crippen MR) is 96.8 cm³/mol. The zero-order valence-corrected chi connectivity index (χ0v) is 15.2. The standard InChI is InChI=1S/C21H24N2O3/c1-22(2)19(24)16(12-13-6-4-3-5-7-13)23-20(25)17-14-8-9-15(11-10-14)18(17)21(23)26/h3-9,14-18H,10-12H2,1-2H3/t14-,15-,16+,17-,18+/m0/s1. The molecule has 1 aromatic rings. The molecule has 0 radical (unpaired) electrons. The minimum Gasteiger partial charge on any atom is -0.347 e. The van der Waals surface area contributed by atoms with Gasteiger partial charge in [-0.1, -0.05) is 42.5 Å². The molecule has 1 aromatic carbocycles. The summed E-state index contributed by atoms with van der Waals surface area (Å²) in [4.78, 5) is 42.0. The molecule has 2 bridgehead atoms. The third-order valence-corrected chi connectivity index (χ3v) is 6.10. The van der Waals surface area contributed by atoms with Crippen molar-refractivity contribution >= 4 is 17.7 Å². The van der Waals surface area contributed by atoms with Crippen molar-refractivity contribution in [3.05, 3.63) is 48.0 Å². The van der Waals surface area contributed by atoms with Crippen LogP contribution in [0.15, 0.2) is 42.5 Å². The van der Waals surface area contributed by atoms with Gasteiger partial charge in [0.1, 0.15) is 6.04 Å². The van der Waals surface area contributed by atoms with E-state index in [2.05, 4.69) is 12.2 Å². The predicted octanol–water partition coefficient (Wildman–Crippen LogP) is 1.88. The molecule has 1 saturated heterocycles. The lowest BCUT2D eigenvalue weighted by Gasteiger charge is -2.38. The lowest BCUT2D eigenvalue weighted by Crippen LogP contribution is -2.51. The molecule has 1 aliphatic heterocycles. The maximum atomic E-state index is 13.2. The van der Waals surface area contributed by atoms with Gasteiger partial charge in [0.25, 0.3) is 0 Å². The van der Waals surface area contributed by atoms with Gasteiger partial charge in [0, 0.05) is 20.5 Å². The Kier molecular flexibility index (Phi) is 4.17. The van der Waals surface area contributed by atoms with Crippen LogP contribution in [0.4, 0.5) is 0 Å². The van der Waals surface area contributed by atoms with Crippen LogP contribution in [0.3, 0.4) is 0 Å².